The fourth-order valence-electron chi connectivity index (χ4n) is 3.30. The van der Waals surface area contributed by atoms with Gasteiger partial charge in [-0.25, -0.2) is 0 Å². The van der Waals surface area contributed by atoms with E-state index in [-0.39, 0.29) is 34.0 Å². The molecule has 0 radical (unpaired) electrons. The molecule has 2 heterocycles. The topological polar surface area (TPSA) is 79.9 Å². The first-order chi connectivity index (χ1) is 11.8. The molecule has 25 heavy (non-hydrogen) atoms. The molecule has 0 fully saturated rings. The number of phenols is 2. The van der Waals surface area contributed by atoms with Crippen LogP contribution in [0.4, 0.5) is 0 Å². The first kappa shape index (κ1) is 15.6. The quantitative estimate of drug-likeness (QED) is 0.703. The number of ether oxygens (including phenoxy) is 1. The van der Waals surface area contributed by atoms with E-state index in [1.54, 1.807) is 18.2 Å². The lowest BCUT2D eigenvalue weighted by molar-refractivity contribution is 0.185. The third-order valence-electron chi connectivity index (χ3n) is 5.07. The van der Waals surface area contributed by atoms with Crippen molar-refractivity contribution in [3.63, 3.8) is 0 Å². The van der Waals surface area contributed by atoms with Gasteiger partial charge >= 0.3 is 0 Å². The number of phenolic OH excluding ortho intramolecular Hbond substituents is 2. The lowest BCUT2D eigenvalue weighted by atomic mass is 9.80. The Morgan fingerprint density at radius 3 is 2.44 bits per heavy atom. The van der Waals surface area contributed by atoms with Gasteiger partial charge in [-0.15, -0.1) is 0 Å². The zero-order valence-electron chi connectivity index (χ0n) is 14.2. The largest absolute Gasteiger partial charge is 0.508 e. The lowest BCUT2D eigenvalue weighted by Crippen LogP contribution is -2.29. The lowest BCUT2D eigenvalue weighted by Gasteiger charge is -2.22. The second-order valence-corrected chi connectivity index (χ2v) is 6.97. The van der Waals surface area contributed by atoms with Crippen molar-refractivity contribution in [3.05, 3.63) is 52.2 Å². The number of benzene rings is 2. The standard InChI is InChI=1S/C20H18O5/c1-10-20(2,3)18-16(24-10)9-15-17(19(18)23)13(22)8-14(25-15)11-4-6-12(21)7-5-11/h4-10,21,23H,1-3H3/t10-/m0/s1. The molecule has 0 amide bonds. The number of fused-ring (bicyclic) bond motifs is 2. The summed E-state index contributed by atoms with van der Waals surface area (Å²) in [7, 11) is 0. The summed E-state index contributed by atoms with van der Waals surface area (Å²) < 4.78 is 11.7. The summed E-state index contributed by atoms with van der Waals surface area (Å²) in [6, 6.07) is 9.39. The second-order valence-electron chi connectivity index (χ2n) is 6.97. The SMILES string of the molecule is C[C@@H]1Oc2cc3oc(-c4ccc(O)cc4)cc(=O)c3c(O)c2C1(C)C. The van der Waals surface area contributed by atoms with E-state index < -0.39 is 5.41 Å². The molecule has 0 saturated heterocycles. The highest BCUT2D eigenvalue weighted by atomic mass is 16.5. The number of hydrogen-bond acceptors (Lipinski definition) is 5. The van der Waals surface area contributed by atoms with E-state index in [4.69, 9.17) is 9.15 Å². The Morgan fingerprint density at radius 2 is 1.76 bits per heavy atom. The molecule has 0 aliphatic carbocycles. The molecule has 1 aromatic heterocycles. The third-order valence-corrected chi connectivity index (χ3v) is 5.07. The summed E-state index contributed by atoms with van der Waals surface area (Å²) in [5.41, 5.74) is 0.843. The fraction of sp³-hybridized carbons (Fsp3) is 0.250. The maximum absolute atomic E-state index is 12.6. The third kappa shape index (κ3) is 2.19. The number of aromatic hydroxyl groups is 2. The van der Waals surface area contributed by atoms with Crippen molar-refractivity contribution in [2.75, 3.05) is 0 Å². The van der Waals surface area contributed by atoms with Crippen LogP contribution in [0.25, 0.3) is 22.3 Å². The Bertz CT molecular complexity index is 1040. The summed E-state index contributed by atoms with van der Waals surface area (Å²) in [5, 5.41) is 20.3. The van der Waals surface area contributed by atoms with Gasteiger partial charge in [-0.3, -0.25) is 4.79 Å². The van der Waals surface area contributed by atoms with Crippen LogP contribution in [-0.2, 0) is 5.41 Å². The van der Waals surface area contributed by atoms with Gasteiger partial charge < -0.3 is 19.4 Å². The zero-order valence-corrected chi connectivity index (χ0v) is 14.2. The highest BCUT2D eigenvalue weighted by Crippen LogP contribution is 2.49. The number of hydrogen-bond donors (Lipinski definition) is 2. The molecule has 0 spiro atoms. The average molecular weight is 338 g/mol. The van der Waals surface area contributed by atoms with Crippen LogP contribution in [0, 0.1) is 0 Å². The molecule has 0 bridgehead atoms. The Labute approximate surface area is 144 Å². The molecule has 2 N–H and O–H groups in total. The van der Waals surface area contributed by atoms with Crippen LogP contribution in [0.15, 0.2) is 45.6 Å². The molecule has 3 aromatic rings. The van der Waals surface area contributed by atoms with Gasteiger partial charge in [0.2, 0.25) is 0 Å². The van der Waals surface area contributed by atoms with Gasteiger partial charge in [0.05, 0.1) is 0 Å². The molecule has 0 saturated carbocycles. The minimum atomic E-state index is -0.407. The van der Waals surface area contributed by atoms with Crippen molar-refractivity contribution in [1.29, 1.82) is 0 Å². The normalized spacial score (nSPS) is 18.1. The van der Waals surface area contributed by atoms with Crippen LogP contribution in [0.2, 0.25) is 0 Å². The monoisotopic (exact) mass is 338 g/mol. The molecule has 1 aliphatic heterocycles. The molecular formula is C20H18O5. The minimum absolute atomic E-state index is 0.0761. The summed E-state index contributed by atoms with van der Waals surface area (Å²) in [6.45, 7) is 5.88. The van der Waals surface area contributed by atoms with Crippen LogP contribution < -0.4 is 10.2 Å². The Kier molecular flexibility index (Phi) is 3.13. The summed E-state index contributed by atoms with van der Waals surface area (Å²) >= 11 is 0. The van der Waals surface area contributed by atoms with E-state index in [9.17, 15) is 15.0 Å². The summed E-state index contributed by atoms with van der Waals surface area (Å²) in [4.78, 5) is 12.6. The van der Waals surface area contributed by atoms with E-state index >= 15 is 0 Å². The van der Waals surface area contributed by atoms with E-state index in [0.717, 1.165) is 0 Å². The van der Waals surface area contributed by atoms with Crippen LogP contribution >= 0.6 is 0 Å². The molecular weight excluding hydrogens is 320 g/mol. The number of rotatable bonds is 1. The van der Waals surface area contributed by atoms with Crippen molar-refractivity contribution in [3.8, 4) is 28.6 Å². The molecule has 128 valence electrons. The van der Waals surface area contributed by atoms with Crippen LogP contribution in [0.1, 0.15) is 26.3 Å². The van der Waals surface area contributed by atoms with Gasteiger partial charge in [0.15, 0.2) is 5.43 Å². The van der Waals surface area contributed by atoms with Gasteiger partial charge in [0.25, 0.3) is 0 Å². The van der Waals surface area contributed by atoms with Gasteiger partial charge in [0, 0.05) is 28.7 Å². The van der Waals surface area contributed by atoms with Crippen molar-refractivity contribution < 1.29 is 19.4 Å². The van der Waals surface area contributed by atoms with E-state index in [1.807, 2.05) is 20.8 Å². The van der Waals surface area contributed by atoms with Crippen LogP contribution in [0.3, 0.4) is 0 Å². The molecule has 2 aromatic carbocycles. The van der Waals surface area contributed by atoms with Gasteiger partial charge in [-0.1, -0.05) is 13.8 Å². The Balaban J connectivity index is 1.99. The molecule has 0 unspecified atom stereocenters. The summed E-state index contributed by atoms with van der Waals surface area (Å²) in [5.74, 6) is 0.954. The summed E-state index contributed by atoms with van der Waals surface area (Å²) in [6.07, 6.45) is -0.128. The maximum atomic E-state index is 12.6. The average Bonchev–Trinajstić information content (AvgIpc) is 2.77. The fourth-order valence-corrected chi connectivity index (χ4v) is 3.30. The van der Waals surface area contributed by atoms with Gasteiger partial charge in [-0.2, -0.15) is 0 Å². The van der Waals surface area contributed by atoms with Gasteiger partial charge in [-0.05, 0) is 31.2 Å². The van der Waals surface area contributed by atoms with Crippen molar-refractivity contribution in [1.82, 2.24) is 0 Å². The first-order valence-electron chi connectivity index (χ1n) is 8.09. The van der Waals surface area contributed by atoms with Crippen LogP contribution in [0.5, 0.6) is 17.2 Å². The highest BCUT2D eigenvalue weighted by Gasteiger charge is 2.42. The molecule has 5 nitrogen and oxygen atoms in total. The predicted molar refractivity (Wildman–Crippen MR) is 94.4 cm³/mol. The van der Waals surface area contributed by atoms with Crippen molar-refractivity contribution in [2.45, 2.75) is 32.3 Å². The smallest absolute Gasteiger partial charge is 0.197 e. The molecule has 1 aliphatic rings. The molecule has 5 heteroatoms. The Hall–Kier alpha value is -2.95. The second kappa shape index (κ2) is 5.02. The van der Waals surface area contributed by atoms with E-state index in [1.165, 1.54) is 18.2 Å². The van der Waals surface area contributed by atoms with Crippen molar-refractivity contribution in [2.24, 2.45) is 0 Å². The Morgan fingerprint density at radius 1 is 1.08 bits per heavy atom. The van der Waals surface area contributed by atoms with E-state index in [0.29, 0.717) is 22.6 Å². The predicted octanol–water partition coefficient (Wildman–Crippen LogP) is 3.93. The minimum Gasteiger partial charge on any atom is -0.508 e. The maximum Gasteiger partial charge on any atom is 0.197 e. The van der Waals surface area contributed by atoms with Crippen molar-refractivity contribution >= 4 is 11.0 Å². The van der Waals surface area contributed by atoms with Gasteiger partial charge in [0.1, 0.15) is 40.1 Å². The van der Waals surface area contributed by atoms with Crippen LogP contribution in [-0.4, -0.2) is 16.3 Å². The highest BCUT2D eigenvalue weighted by molar-refractivity contribution is 5.89. The zero-order chi connectivity index (χ0) is 17.9. The molecule has 1 atom stereocenters. The molecule has 4 rings (SSSR count). The van der Waals surface area contributed by atoms with E-state index in [2.05, 4.69) is 0 Å². The first-order valence-corrected chi connectivity index (χ1v) is 8.09.